The minimum Gasteiger partial charge on any atom is -0.481 e. The van der Waals surface area contributed by atoms with Gasteiger partial charge < -0.3 is 25.5 Å². The summed E-state index contributed by atoms with van der Waals surface area (Å²) in [6, 6.07) is -3.29. The fraction of sp³-hybridized carbons (Fsp3) is 0.667. The number of urea groups is 1. The van der Waals surface area contributed by atoms with Gasteiger partial charge in [-0.15, -0.1) is 0 Å². The standard InChI is InChI=1S/C9H13F3N2O6/c10-9(11,12)4-14(1-2-15)8(20)13-5(7(18)19)3-6(16)17/h5,15H,1-4H2,(H,13,20)(H,16,17)(H,18,19)/t5-/m0/s1. The number of carbonyl (C=O) groups is 3. The highest BCUT2D eigenvalue weighted by Gasteiger charge is 2.34. The second-order valence-corrected chi connectivity index (χ2v) is 3.70. The number of hydrogen-bond donors (Lipinski definition) is 4. The predicted octanol–water partition coefficient (Wildman–Crippen LogP) is -0.520. The lowest BCUT2D eigenvalue weighted by Gasteiger charge is -2.25. The zero-order chi connectivity index (χ0) is 15.9. The molecule has 1 atom stereocenters. The first-order valence-corrected chi connectivity index (χ1v) is 5.24. The Morgan fingerprint density at radius 1 is 1.20 bits per heavy atom. The third-order valence-corrected chi connectivity index (χ3v) is 2.00. The van der Waals surface area contributed by atoms with Crippen molar-refractivity contribution in [3.05, 3.63) is 0 Å². The van der Waals surface area contributed by atoms with Crippen LogP contribution in [0.3, 0.4) is 0 Å². The highest BCUT2D eigenvalue weighted by molar-refractivity contribution is 5.86. The van der Waals surface area contributed by atoms with Crippen molar-refractivity contribution >= 4 is 18.0 Å². The first kappa shape index (κ1) is 18.0. The van der Waals surface area contributed by atoms with Gasteiger partial charge in [0, 0.05) is 6.54 Å². The smallest absolute Gasteiger partial charge is 0.406 e. The van der Waals surface area contributed by atoms with Crippen molar-refractivity contribution in [1.82, 2.24) is 10.2 Å². The molecule has 0 bridgehead atoms. The zero-order valence-electron chi connectivity index (χ0n) is 10.1. The van der Waals surface area contributed by atoms with Crippen LogP contribution in [0.25, 0.3) is 0 Å². The molecular weight excluding hydrogens is 289 g/mol. The average molecular weight is 302 g/mol. The van der Waals surface area contributed by atoms with Gasteiger partial charge >= 0.3 is 24.1 Å². The molecule has 0 saturated carbocycles. The molecule has 8 nitrogen and oxygen atoms in total. The molecule has 116 valence electrons. The molecule has 0 fully saturated rings. The van der Waals surface area contributed by atoms with E-state index in [1.165, 1.54) is 0 Å². The molecule has 0 aliphatic carbocycles. The van der Waals surface area contributed by atoms with Crippen molar-refractivity contribution in [2.45, 2.75) is 18.6 Å². The topological polar surface area (TPSA) is 127 Å². The molecule has 4 N–H and O–H groups in total. The number of carbonyl (C=O) groups excluding carboxylic acids is 1. The fourth-order valence-electron chi connectivity index (χ4n) is 1.20. The zero-order valence-corrected chi connectivity index (χ0v) is 10.1. The van der Waals surface area contributed by atoms with Crippen molar-refractivity contribution in [2.75, 3.05) is 19.7 Å². The number of halogens is 3. The highest BCUT2D eigenvalue weighted by Crippen LogP contribution is 2.16. The summed E-state index contributed by atoms with van der Waals surface area (Å²) in [5.41, 5.74) is 0. The second kappa shape index (κ2) is 7.53. The van der Waals surface area contributed by atoms with Gasteiger partial charge in [-0.05, 0) is 0 Å². The molecule has 0 aromatic rings. The molecule has 0 saturated heterocycles. The molecule has 0 heterocycles. The van der Waals surface area contributed by atoms with Gasteiger partial charge in [-0.1, -0.05) is 0 Å². The first-order valence-electron chi connectivity index (χ1n) is 5.24. The minimum atomic E-state index is -4.74. The van der Waals surface area contributed by atoms with E-state index in [1.54, 1.807) is 5.32 Å². The van der Waals surface area contributed by atoms with Crippen LogP contribution in [0.1, 0.15) is 6.42 Å². The second-order valence-electron chi connectivity index (χ2n) is 3.70. The van der Waals surface area contributed by atoms with Crippen molar-refractivity contribution in [3.63, 3.8) is 0 Å². The van der Waals surface area contributed by atoms with Crippen molar-refractivity contribution in [2.24, 2.45) is 0 Å². The maximum atomic E-state index is 12.2. The quantitative estimate of drug-likeness (QED) is 0.501. The largest absolute Gasteiger partial charge is 0.481 e. The number of amides is 2. The van der Waals surface area contributed by atoms with Gasteiger partial charge in [-0.3, -0.25) is 4.79 Å². The molecule has 0 aromatic heterocycles. The van der Waals surface area contributed by atoms with Crippen molar-refractivity contribution in [3.8, 4) is 0 Å². The number of nitrogens with zero attached hydrogens (tertiary/aromatic N) is 1. The maximum Gasteiger partial charge on any atom is 0.406 e. The Morgan fingerprint density at radius 3 is 2.10 bits per heavy atom. The van der Waals surface area contributed by atoms with Gasteiger partial charge in [0.2, 0.25) is 0 Å². The number of aliphatic hydroxyl groups excluding tert-OH is 1. The number of alkyl halides is 3. The summed E-state index contributed by atoms with van der Waals surface area (Å²) in [4.78, 5) is 32.6. The van der Waals surface area contributed by atoms with Crippen molar-refractivity contribution in [1.29, 1.82) is 0 Å². The van der Waals surface area contributed by atoms with Gasteiger partial charge in [-0.2, -0.15) is 13.2 Å². The van der Waals surface area contributed by atoms with E-state index in [1.807, 2.05) is 0 Å². The Bertz CT molecular complexity index is 373. The number of aliphatic hydroxyl groups is 1. The number of carboxylic acids is 2. The Hall–Kier alpha value is -2.04. The number of nitrogens with one attached hydrogen (secondary N) is 1. The fourth-order valence-corrected chi connectivity index (χ4v) is 1.20. The molecule has 0 unspecified atom stereocenters. The van der Waals surface area contributed by atoms with Crippen LogP contribution >= 0.6 is 0 Å². The number of hydrogen-bond acceptors (Lipinski definition) is 4. The Labute approximate surface area is 110 Å². The van der Waals surface area contributed by atoms with E-state index in [0.717, 1.165) is 0 Å². The molecule has 0 spiro atoms. The normalized spacial score (nSPS) is 12.6. The number of aliphatic carboxylic acids is 2. The lowest BCUT2D eigenvalue weighted by molar-refractivity contribution is -0.146. The highest BCUT2D eigenvalue weighted by atomic mass is 19.4. The lowest BCUT2D eigenvalue weighted by Crippen LogP contribution is -2.51. The Balaban J connectivity index is 4.79. The van der Waals surface area contributed by atoms with Crippen molar-refractivity contribution < 1.29 is 42.9 Å². The van der Waals surface area contributed by atoms with Gasteiger partial charge in [-0.25, -0.2) is 9.59 Å². The van der Waals surface area contributed by atoms with E-state index in [-0.39, 0.29) is 4.90 Å². The van der Waals surface area contributed by atoms with Crippen LogP contribution in [-0.4, -0.2) is 70.1 Å². The van der Waals surface area contributed by atoms with Crippen LogP contribution in [0.5, 0.6) is 0 Å². The molecule has 0 aliphatic heterocycles. The minimum absolute atomic E-state index is 0.137. The van der Waals surface area contributed by atoms with E-state index in [2.05, 4.69) is 0 Å². The molecule has 0 aromatic carbocycles. The van der Waals surface area contributed by atoms with Crippen LogP contribution in [0.2, 0.25) is 0 Å². The van der Waals surface area contributed by atoms with E-state index in [4.69, 9.17) is 15.3 Å². The predicted molar refractivity (Wildman–Crippen MR) is 56.9 cm³/mol. The summed E-state index contributed by atoms with van der Waals surface area (Å²) < 4.78 is 36.5. The van der Waals surface area contributed by atoms with Gasteiger partial charge in [0.1, 0.15) is 12.6 Å². The molecule has 2 amide bonds. The summed E-state index contributed by atoms with van der Waals surface area (Å²) in [5.74, 6) is -3.24. The summed E-state index contributed by atoms with van der Waals surface area (Å²) in [5, 5.41) is 27.3. The van der Waals surface area contributed by atoms with E-state index < -0.39 is 56.3 Å². The SMILES string of the molecule is O=C(O)C[C@H](NC(=O)N(CCO)CC(F)(F)F)C(=O)O. The van der Waals surface area contributed by atoms with Gasteiger partial charge in [0.05, 0.1) is 13.0 Å². The Kier molecular flexibility index (Phi) is 6.76. The number of carboxylic acid groups (broad SMARTS) is 2. The molecule has 0 aliphatic rings. The summed E-state index contributed by atoms with van der Waals surface area (Å²) >= 11 is 0. The van der Waals surface area contributed by atoms with Crippen LogP contribution in [0, 0.1) is 0 Å². The first-order chi connectivity index (χ1) is 9.06. The molecular formula is C9H13F3N2O6. The molecule has 0 rings (SSSR count). The third-order valence-electron chi connectivity index (χ3n) is 2.00. The van der Waals surface area contributed by atoms with E-state index in [0.29, 0.717) is 0 Å². The monoisotopic (exact) mass is 302 g/mol. The average Bonchev–Trinajstić information content (AvgIpc) is 2.24. The molecule has 20 heavy (non-hydrogen) atoms. The van der Waals surface area contributed by atoms with Crippen LogP contribution < -0.4 is 5.32 Å². The molecule has 0 radical (unpaired) electrons. The van der Waals surface area contributed by atoms with Crippen LogP contribution in [0.4, 0.5) is 18.0 Å². The number of rotatable bonds is 7. The third kappa shape index (κ3) is 7.41. The lowest BCUT2D eigenvalue weighted by atomic mass is 10.2. The van der Waals surface area contributed by atoms with Gasteiger partial charge in [0.25, 0.3) is 0 Å². The van der Waals surface area contributed by atoms with Crippen LogP contribution in [-0.2, 0) is 9.59 Å². The summed E-state index contributed by atoms with van der Waals surface area (Å²) in [7, 11) is 0. The summed E-state index contributed by atoms with van der Waals surface area (Å²) in [6.45, 7) is -3.14. The van der Waals surface area contributed by atoms with Gasteiger partial charge in [0.15, 0.2) is 0 Å². The maximum absolute atomic E-state index is 12.2. The van der Waals surface area contributed by atoms with E-state index >= 15 is 0 Å². The van der Waals surface area contributed by atoms with E-state index in [9.17, 15) is 27.6 Å². The van der Waals surface area contributed by atoms with Crippen LogP contribution in [0.15, 0.2) is 0 Å². The summed E-state index contributed by atoms with van der Waals surface area (Å²) in [6.07, 6.45) is -5.72. The Morgan fingerprint density at radius 2 is 1.75 bits per heavy atom. The molecule has 11 heteroatoms.